The Balaban J connectivity index is 1.18. The molecule has 1 aromatic heterocycles. The van der Waals surface area contributed by atoms with Gasteiger partial charge >= 0.3 is 0 Å². The molecule has 0 aliphatic carbocycles. The smallest absolute Gasteiger partial charge is 0.129 e. The van der Waals surface area contributed by atoms with Crippen molar-refractivity contribution < 1.29 is 4.74 Å². The van der Waals surface area contributed by atoms with Gasteiger partial charge in [0.15, 0.2) is 0 Å². The van der Waals surface area contributed by atoms with Gasteiger partial charge in [-0.05, 0) is 50.3 Å². The Bertz CT molecular complexity index is 694. The van der Waals surface area contributed by atoms with Crippen LogP contribution in [-0.4, -0.2) is 47.7 Å². The summed E-state index contributed by atoms with van der Waals surface area (Å²) in [5.41, 5.74) is 2.53. The summed E-state index contributed by atoms with van der Waals surface area (Å²) in [4.78, 5) is 11.4. The summed E-state index contributed by atoms with van der Waals surface area (Å²) >= 11 is 0. The first-order valence-corrected chi connectivity index (χ1v) is 10.3. The fourth-order valence-electron chi connectivity index (χ4n) is 4.14. The van der Waals surface area contributed by atoms with E-state index in [1.165, 1.54) is 37.9 Å². The SMILES string of the molecule is c1ccc(CN2CCC(CCNc3cc([C@H]4CCOC4)ncn3)CC2)cc1. The molecule has 1 aromatic carbocycles. The molecular weight excluding hydrogens is 336 g/mol. The zero-order valence-corrected chi connectivity index (χ0v) is 16.0. The Labute approximate surface area is 162 Å². The third kappa shape index (κ3) is 5.27. The Morgan fingerprint density at radius 1 is 1.07 bits per heavy atom. The molecule has 3 heterocycles. The van der Waals surface area contributed by atoms with E-state index in [1.54, 1.807) is 6.33 Å². The van der Waals surface area contributed by atoms with Gasteiger partial charge in [0.1, 0.15) is 12.1 Å². The molecule has 0 spiro atoms. The molecule has 0 amide bonds. The van der Waals surface area contributed by atoms with Crippen LogP contribution in [0.15, 0.2) is 42.7 Å². The molecule has 5 heteroatoms. The first-order chi connectivity index (χ1) is 13.4. The molecule has 0 saturated carbocycles. The van der Waals surface area contributed by atoms with Crippen molar-refractivity contribution in [2.45, 2.75) is 38.1 Å². The second-order valence-electron chi connectivity index (χ2n) is 7.81. The van der Waals surface area contributed by atoms with Gasteiger partial charge in [0.2, 0.25) is 0 Å². The van der Waals surface area contributed by atoms with E-state index in [4.69, 9.17) is 4.74 Å². The lowest BCUT2D eigenvalue weighted by Crippen LogP contribution is -2.33. The lowest BCUT2D eigenvalue weighted by atomic mass is 9.93. The fraction of sp³-hybridized carbons (Fsp3) is 0.545. The Morgan fingerprint density at radius 2 is 1.93 bits per heavy atom. The van der Waals surface area contributed by atoms with E-state index in [2.05, 4.69) is 56.6 Å². The van der Waals surface area contributed by atoms with Gasteiger partial charge in [-0.1, -0.05) is 30.3 Å². The average molecular weight is 367 g/mol. The average Bonchev–Trinajstić information content (AvgIpc) is 3.25. The largest absolute Gasteiger partial charge is 0.381 e. The lowest BCUT2D eigenvalue weighted by Gasteiger charge is -2.32. The molecule has 5 nitrogen and oxygen atoms in total. The van der Waals surface area contributed by atoms with Crippen LogP contribution >= 0.6 is 0 Å². The van der Waals surface area contributed by atoms with E-state index in [0.717, 1.165) is 50.2 Å². The monoisotopic (exact) mass is 366 g/mol. The molecule has 1 atom stereocenters. The number of hydrogen-bond donors (Lipinski definition) is 1. The highest BCUT2D eigenvalue weighted by molar-refractivity contribution is 5.35. The first-order valence-electron chi connectivity index (χ1n) is 10.3. The molecule has 2 saturated heterocycles. The van der Waals surface area contributed by atoms with E-state index >= 15 is 0 Å². The van der Waals surface area contributed by atoms with Crippen LogP contribution in [0.3, 0.4) is 0 Å². The summed E-state index contributed by atoms with van der Waals surface area (Å²) in [6.07, 6.45) is 6.55. The number of nitrogens with zero attached hydrogens (tertiary/aromatic N) is 3. The molecule has 0 radical (unpaired) electrons. The van der Waals surface area contributed by atoms with E-state index in [9.17, 15) is 0 Å². The summed E-state index contributed by atoms with van der Waals surface area (Å²) in [5.74, 6) is 2.20. The molecule has 0 unspecified atom stereocenters. The van der Waals surface area contributed by atoms with Gasteiger partial charge in [-0.2, -0.15) is 0 Å². The van der Waals surface area contributed by atoms with Crippen molar-refractivity contribution in [1.82, 2.24) is 14.9 Å². The maximum Gasteiger partial charge on any atom is 0.129 e. The van der Waals surface area contributed by atoms with E-state index < -0.39 is 0 Å². The van der Waals surface area contributed by atoms with Gasteiger partial charge in [0.25, 0.3) is 0 Å². The van der Waals surface area contributed by atoms with Crippen molar-refractivity contribution in [1.29, 1.82) is 0 Å². The number of piperidine rings is 1. The van der Waals surface area contributed by atoms with Crippen LogP contribution in [0.25, 0.3) is 0 Å². The number of rotatable bonds is 7. The Morgan fingerprint density at radius 3 is 2.70 bits per heavy atom. The highest BCUT2D eigenvalue weighted by Crippen LogP contribution is 2.25. The second-order valence-corrected chi connectivity index (χ2v) is 7.81. The molecular formula is C22H30N4O. The Hall–Kier alpha value is -1.98. The van der Waals surface area contributed by atoms with Gasteiger partial charge in [0, 0.05) is 31.7 Å². The zero-order chi connectivity index (χ0) is 18.3. The summed E-state index contributed by atoms with van der Waals surface area (Å²) in [7, 11) is 0. The third-order valence-corrected chi connectivity index (χ3v) is 5.85. The number of nitrogens with one attached hydrogen (secondary N) is 1. The minimum absolute atomic E-state index is 0.433. The molecule has 2 fully saturated rings. The zero-order valence-electron chi connectivity index (χ0n) is 16.0. The second kappa shape index (κ2) is 9.29. The molecule has 4 rings (SSSR count). The normalized spacial score (nSPS) is 21.4. The van der Waals surface area contributed by atoms with Gasteiger partial charge in [-0.25, -0.2) is 9.97 Å². The third-order valence-electron chi connectivity index (χ3n) is 5.85. The van der Waals surface area contributed by atoms with E-state index in [-0.39, 0.29) is 0 Å². The van der Waals surface area contributed by atoms with Crippen molar-refractivity contribution in [3.05, 3.63) is 54.0 Å². The van der Waals surface area contributed by atoms with E-state index in [1.807, 2.05) is 0 Å². The van der Waals surface area contributed by atoms with Crippen molar-refractivity contribution >= 4 is 5.82 Å². The number of benzene rings is 1. The standard InChI is InChI=1S/C22H30N4O/c1-2-4-19(5-3-1)15-26-11-7-18(8-12-26)6-10-23-22-14-21(24-17-25-22)20-9-13-27-16-20/h1-5,14,17-18,20H,6-13,15-16H2,(H,23,24,25)/t20-/m0/s1. The Kier molecular flexibility index (Phi) is 6.32. The molecule has 1 N–H and O–H groups in total. The highest BCUT2D eigenvalue weighted by Gasteiger charge is 2.20. The van der Waals surface area contributed by atoms with Gasteiger partial charge in [-0.15, -0.1) is 0 Å². The van der Waals surface area contributed by atoms with Crippen molar-refractivity contribution in [2.24, 2.45) is 5.92 Å². The maximum absolute atomic E-state index is 5.47. The van der Waals surface area contributed by atoms with Crippen LogP contribution in [0, 0.1) is 5.92 Å². The van der Waals surface area contributed by atoms with Gasteiger partial charge in [-0.3, -0.25) is 4.90 Å². The fourth-order valence-corrected chi connectivity index (χ4v) is 4.14. The predicted octanol–water partition coefficient (Wildman–Crippen LogP) is 3.69. The summed E-state index contributed by atoms with van der Waals surface area (Å²) < 4.78 is 5.47. The number of hydrogen-bond acceptors (Lipinski definition) is 5. The topological polar surface area (TPSA) is 50.3 Å². The van der Waals surface area contributed by atoms with Crippen molar-refractivity contribution in [2.75, 3.05) is 38.2 Å². The van der Waals surface area contributed by atoms with Crippen LogP contribution in [0.5, 0.6) is 0 Å². The van der Waals surface area contributed by atoms with Crippen molar-refractivity contribution in [3.63, 3.8) is 0 Å². The molecule has 144 valence electrons. The molecule has 2 aliphatic heterocycles. The summed E-state index contributed by atoms with van der Waals surface area (Å²) in [5, 5.41) is 3.50. The number of aromatic nitrogens is 2. The van der Waals surface area contributed by atoms with Crippen LogP contribution in [0.2, 0.25) is 0 Å². The molecule has 0 bridgehead atoms. The summed E-state index contributed by atoms with van der Waals surface area (Å²) in [6.45, 7) is 6.12. The summed E-state index contributed by atoms with van der Waals surface area (Å²) in [6, 6.07) is 12.9. The van der Waals surface area contributed by atoms with Crippen LogP contribution in [0.1, 0.15) is 42.9 Å². The van der Waals surface area contributed by atoms with Crippen LogP contribution in [0.4, 0.5) is 5.82 Å². The molecule has 2 aliphatic rings. The lowest BCUT2D eigenvalue weighted by molar-refractivity contribution is 0.174. The minimum Gasteiger partial charge on any atom is -0.381 e. The first kappa shape index (κ1) is 18.4. The van der Waals surface area contributed by atoms with Crippen LogP contribution in [-0.2, 0) is 11.3 Å². The highest BCUT2D eigenvalue weighted by atomic mass is 16.5. The van der Waals surface area contributed by atoms with E-state index in [0.29, 0.717) is 5.92 Å². The van der Waals surface area contributed by atoms with Crippen molar-refractivity contribution in [3.8, 4) is 0 Å². The van der Waals surface area contributed by atoms with Crippen LogP contribution < -0.4 is 5.32 Å². The quantitative estimate of drug-likeness (QED) is 0.810. The molecule has 27 heavy (non-hydrogen) atoms. The molecule has 2 aromatic rings. The number of likely N-dealkylation sites (tertiary alicyclic amines) is 1. The number of anilines is 1. The number of ether oxygens (including phenoxy) is 1. The predicted molar refractivity (Wildman–Crippen MR) is 108 cm³/mol. The van der Waals surface area contributed by atoms with Gasteiger partial charge < -0.3 is 10.1 Å². The van der Waals surface area contributed by atoms with Gasteiger partial charge in [0.05, 0.1) is 12.3 Å². The minimum atomic E-state index is 0.433. The maximum atomic E-state index is 5.47.